The average Bonchev–Trinajstić information content (AvgIpc) is 2.89. The normalized spacial score (nSPS) is 15.7. The van der Waals surface area contributed by atoms with Crippen molar-refractivity contribution in [3.05, 3.63) is 88.8 Å². The van der Waals surface area contributed by atoms with Crippen molar-refractivity contribution in [2.24, 2.45) is 0 Å². The molecule has 12 heteroatoms. The summed E-state index contributed by atoms with van der Waals surface area (Å²) in [7, 11) is 0. The van der Waals surface area contributed by atoms with Crippen LogP contribution < -0.4 is 0 Å². The molecule has 0 spiro atoms. The van der Waals surface area contributed by atoms with E-state index < -0.39 is 17.9 Å². The summed E-state index contributed by atoms with van der Waals surface area (Å²) in [6.07, 6.45) is 0. The van der Waals surface area contributed by atoms with Crippen LogP contribution >= 0.6 is 0 Å². The molecule has 0 fully saturated rings. The number of rotatable bonds is 8. The molecular weight excluding hydrogens is 504 g/mol. The van der Waals surface area contributed by atoms with Crippen molar-refractivity contribution < 1.29 is 29.7 Å². The molecule has 204 valence electrons. The molecule has 12 nitrogen and oxygen atoms in total. The number of aromatic nitrogens is 3. The maximum absolute atomic E-state index is 11.5. The number of aliphatic carboxylic acids is 1. The van der Waals surface area contributed by atoms with Gasteiger partial charge in [0.1, 0.15) is 11.4 Å². The van der Waals surface area contributed by atoms with Crippen LogP contribution in [-0.2, 0) is 31.0 Å². The Balaban J connectivity index is 1.60. The molecule has 0 aromatic carbocycles. The van der Waals surface area contributed by atoms with E-state index in [1.54, 1.807) is 24.3 Å². The van der Waals surface area contributed by atoms with Crippen LogP contribution in [0.2, 0.25) is 0 Å². The van der Waals surface area contributed by atoms with E-state index in [4.69, 9.17) is 4.98 Å². The fraction of sp³-hybridized carbons (Fsp3) is 0.333. The summed E-state index contributed by atoms with van der Waals surface area (Å²) in [6.45, 7) is 3.61. The molecule has 3 aromatic rings. The quantitative estimate of drug-likeness (QED) is 0.384. The lowest BCUT2D eigenvalue weighted by Gasteiger charge is -2.30. The van der Waals surface area contributed by atoms with Gasteiger partial charge in [-0.25, -0.2) is 19.6 Å². The van der Waals surface area contributed by atoms with Crippen LogP contribution in [0.3, 0.4) is 0 Å². The first-order chi connectivity index (χ1) is 18.7. The number of carboxylic acids is 3. The van der Waals surface area contributed by atoms with Gasteiger partial charge < -0.3 is 15.3 Å². The second kappa shape index (κ2) is 13.0. The maximum Gasteiger partial charge on any atom is 0.354 e. The van der Waals surface area contributed by atoms with Gasteiger partial charge in [-0.3, -0.25) is 24.5 Å². The number of pyridine rings is 3. The summed E-state index contributed by atoms with van der Waals surface area (Å²) >= 11 is 0. The molecule has 0 atom stereocenters. The molecule has 0 unspecified atom stereocenters. The van der Waals surface area contributed by atoms with Gasteiger partial charge in [0, 0.05) is 52.4 Å². The molecule has 0 radical (unpaired) electrons. The van der Waals surface area contributed by atoms with Gasteiger partial charge in [0.2, 0.25) is 0 Å². The van der Waals surface area contributed by atoms with Crippen molar-refractivity contribution in [1.82, 2.24) is 29.7 Å². The summed E-state index contributed by atoms with van der Waals surface area (Å²) in [5.74, 6) is -3.12. The highest BCUT2D eigenvalue weighted by Crippen LogP contribution is 2.13. The van der Waals surface area contributed by atoms with Crippen molar-refractivity contribution >= 4 is 17.9 Å². The Kier molecular flexibility index (Phi) is 9.26. The molecule has 2 bridgehead atoms. The summed E-state index contributed by atoms with van der Waals surface area (Å²) in [5.41, 5.74) is 2.72. The van der Waals surface area contributed by atoms with Crippen LogP contribution in [0.5, 0.6) is 0 Å². The van der Waals surface area contributed by atoms with Crippen LogP contribution in [0.4, 0.5) is 0 Å². The van der Waals surface area contributed by atoms with Crippen LogP contribution in [0, 0.1) is 0 Å². The highest BCUT2D eigenvalue weighted by Gasteiger charge is 2.19. The molecule has 3 N–H and O–H groups in total. The monoisotopic (exact) mass is 534 g/mol. The molecule has 0 aliphatic carbocycles. The van der Waals surface area contributed by atoms with Gasteiger partial charge >= 0.3 is 17.9 Å². The maximum atomic E-state index is 11.5. The minimum Gasteiger partial charge on any atom is -0.480 e. The van der Waals surface area contributed by atoms with Gasteiger partial charge in [0.15, 0.2) is 0 Å². The van der Waals surface area contributed by atoms with Crippen molar-refractivity contribution in [1.29, 1.82) is 0 Å². The van der Waals surface area contributed by atoms with Crippen LogP contribution in [0.25, 0.3) is 0 Å². The van der Waals surface area contributed by atoms with E-state index in [0.29, 0.717) is 63.7 Å². The second-order valence-corrected chi connectivity index (χ2v) is 9.35. The molecule has 1 aliphatic rings. The predicted octanol–water partition coefficient (Wildman–Crippen LogP) is 1.67. The molecule has 0 saturated heterocycles. The summed E-state index contributed by atoms with van der Waals surface area (Å²) in [4.78, 5) is 53.7. The van der Waals surface area contributed by atoms with E-state index in [-0.39, 0.29) is 17.9 Å². The molecule has 0 amide bonds. The number of hydrogen-bond donors (Lipinski definition) is 3. The number of carbonyl (C=O) groups is 3. The molecule has 39 heavy (non-hydrogen) atoms. The first kappa shape index (κ1) is 27.8. The SMILES string of the molecule is O=C(O)CN1CCN(Cc2cccc(C(=O)O)n2)CCN(Cc2cccc(C(=O)O)n2)Cc2cccc(n2)C1. The second-order valence-electron chi connectivity index (χ2n) is 9.35. The summed E-state index contributed by atoms with van der Waals surface area (Å²) < 4.78 is 0. The van der Waals surface area contributed by atoms with Crippen LogP contribution in [0.1, 0.15) is 43.8 Å². The van der Waals surface area contributed by atoms with Crippen molar-refractivity contribution in [3.63, 3.8) is 0 Å². The zero-order valence-electron chi connectivity index (χ0n) is 21.3. The third-order valence-corrected chi connectivity index (χ3v) is 6.28. The lowest BCUT2D eigenvalue weighted by Crippen LogP contribution is -2.41. The number of fused-ring (bicyclic) bond motifs is 2. The van der Waals surface area contributed by atoms with Crippen molar-refractivity contribution in [3.8, 4) is 0 Å². The topological polar surface area (TPSA) is 160 Å². The Labute approximate surface area is 225 Å². The van der Waals surface area contributed by atoms with Gasteiger partial charge in [-0.15, -0.1) is 0 Å². The van der Waals surface area contributed by atoms with Gasteiger partial charge in [0.25, 0.3) is 0 Å². The van der Waals surface area contributed by atoms with Gasteiger partial charge in [-0.2, -0.15) is 0 Å². The van der Waals surface area contributed by atoms with E-state index in [0.717, 1.165) is 11.4 Å². The fourth-order valence-corrected chi connectivity index (χ4v) is 4.45. The Hall–Kier alpha value is -4.26. The minimum atomic E-state index is -1.10. The fourth-order valence-electron chi connectivity index (χ4n) is 4.45. The largest absolute Gasteiger partial charge is 0.480 e. The molecule has 4 heterocycles. The minimum absolute atomic E-state index is 0.0217. The third-order valence-electron chi connectivity index (χ3n) is 6.28. The van der Waals surface area contributed by atoms with Crippen LogP contribution in [0.15, 0.2) is 54.6 Å². The molecule has 1 aliphatic heterocycles. The van der Waals surface area contributed by atoms with E-state index >= 15 is 0 Å². The lowest BCUT2D eigenvalue weighted by molar-refractivity contribution is -0.138. The van der Waals surface area contributed by atoms with Crippen molar-refractivity contribution in [2.75, 3.05) is 32.7 Å². The van der Waals surface area contributed by atoms with E-state index in [1.807, 2.05) is 23.1 Å². The van der Waals surface area contributed by atoms with Gasteiger partial charge in [0.05, 0.1) is 29.3 Å². The Morgan fingerprint density at radius 2 is 1.08 bits per heavy atom. The number of carboxylic acid groups (broad SMARTS) is 3. The molecule has 0 saturated carbocycles. The smallest absolute Gasteiger partial charge is 0.354 e. The molecule has 4 rings (SSSR count). The van der Waals surface area contributed by atoms with Gasteiger partial charge in [-0.1, -0.05) is 18.2 Å². The standard InChI is InChI=1S/C27H30N6O6/c34-25(35)18-33-13-11-31(14-21-6-2-8-23(29-21)26(36)37)10-12-32(15-19-4-1-5-20(16-33)28-19)17-22-7-3-9-24(30-22)27(38)39/h1-9H,10-18H2,(H,34,35)(H,36,37)(H,38,39). The predicted molar refractivity (Wildman–Crippen MR) is 139 cm³/mol. The number of hydrogen-bond acceptors (Lipinski definition) is 9. The average molecular weight is 535 g/mol. The Bertz CT molecular complexity index is 1340. The Morgan fingerprint density at radius 3 is 1.62 bits per heavy atom. The first-order valence-electron chi connectivity index (χ1n) is 12.5. The zero-order valence-corrected chi connectivity index (χ0v) is 21.3. The highest BCUT2D eigenvalue weighted by molar-refractivity contribution is 5.85. The van der Waals surface area contributed by atoms with E-state index in [9.17, 15) is 29.7 Å². The number of nitrogens with zero attached hydrogens (tertiary/aromatic N) is 6. The summed E-state index contributed by atoms with van der Waals surface area (Å²) in [6, 6.07) is 15.5. The lowest BCUT2D eigenvalue weighted by atomic mass is 10.2. The first-order valence-corrected chi connectivity index (χ1v) is 12.5. The zero-order chi connectivity index (χ0) is 27.8. The Morgan fingerprint density at radius 1 is 0.615 bits per heavy atom. The highest BCUT2D eigenvalue weighted by atomic mass is 16.4. The van der Waals surface area contributed by atoms with Gasteiger partial charge in [-0.05, 0) is 36.4 Å². The molecule has 3 aromatic heterocycles. The summed E-state index contributed by atoms with van der Waals surface area (Å²) in [5, 5.41) is 28.1. The number of aromatic carboxylic acids is 2. The van der Waals surface area contributed by atoms with E-state index in [2.05, 4.69) is 19.8 Å². The van der Waals surface area contributed by atoms with E-state index in [1.165, 1.54) is 12.1 Å². The van der Waals surface area contributed by atoms with Crippen LogP contribution in [-0.4, -0.2) is 95.6 Å². The van der Waals surface area contributed by atoms with Crippen molar-refractivity contribution in [2.45, 2.75) is 26.2 Å². The third kappa shape index (κ3) is 8.37. The molecular formula is C27H30N6O6.